The first-order valence-corrected chi connectivity index (χ1v) is 5.47. The molecule has 1 unspecified atom stereocenters. The van der Waals surface area contributed by atoms with Crippen LogP contribution in [-0.4, -0.2) is 29.4 Å². The van der Waals surface area contributed by atoms with E-state index in [-0.39, 0.29) is 6.10 Å². The Hall–Kier alpha value is -0.930. The molecule has 0 fully saturated rings. The van der Waals surface area contributed by atoms with E-state index in [2.05, 4.69) is 11.9 Å². The van der Waals surface area contributed by atoms with Crippen LogP contribution in [0.5, 0.6) is 0 Å². The number of rotatable bonds is 7. The Labute approximate surface area is 91.1 Å². The summed E-state index contributed by atoms with van der Waals surface area (Å²) in [5.74, 6) is 0. The lowest BCUT2D eigenvalue weighted by Gasteiger charge is -2.10. The average Bonchev–Trinajstić information content (AvgIpc) is 2.28. The Morgan fingerprint density at radius 2 is 2.13 bits per heavy atom. The first kappa shape index (κ1) is 12.1. The van der Waals surface area contributed by atoms with Gasteiger partial charge in [0.15, 0.2) is 0 Å². The maximum Gasteiger partial charge on any atom is 0.0776 e. The fourth-order valence-electron chi connectivity index (χ4n) is 1.33. The maximum atomic E-state index is 9.60. The Kier molecular flexibility index (Phi) is 5.97. The van der Waals surface area contributed by atoms with Crippen LogP contribution in [0.2, 0.25) is 0 Å². The van der Waals surface area contributed by atoms with Crippen molar-refractivity contribution in [1.29, 1.82) is 0 Å². The molecule has 0 aliphatic heterocycles. The topological polar surface area (TPSA) is 42.4 Å². The smallest absolute Gasteiger partial charge is 0.0776 e. The van der Waals surface area contributed by atoms with Crippen molar-refractivity contribution < 1.29 is 9.84 Å². The highest BCUT2D eigenvalue weighted by Crippen LogP contribution is 2.04. The van der Waals surface area contributed by atoms with Crippen molar-refractivity contribution in [2.24, 2.45) is 0 Å². The molecule has 1 N–H and O–H groups in total. The third-order valence-electron chi connectivity index (χ3n) is 2.17. The lowest BCUT2D eigenvalue weighted by molar-refractivity contribution is 0.0330. The van der Waals surface area contributed by atoms with Gasteiger partial charge in [0.05, 0.1) is 12.7 Å². The molecule has 15 heavy (non-hydrogen) atoms. The minimum atomic E-state index is -0.357. The van der Waals surface area contributed by atoms with E-state index in [1.807, 2.05) is 12.1 Å². The number of hydrogen-bond acceptors (Lipinski definition) is 3. The van der Waals surface area contributed by atoms with E-state index in [0.717, 1.165) is 25.9 Å². The van der Waals surface area contributed by atoms with Crippen molar-refractivity contribution in [2.75, 3.05) is 13.2 Å². The first-order chi connectivity index (χ1) is 7.33. The molecule has 1 rings (SSSR count). The quantitative estimate of drug-likeness (QED) is 0.696. The normalized spacial score (nSPS) is 12.7. The summed E-state index contributed by atoms with van der Waals surface area (Å²) in [5, 5.41) is 9.60. The number of pyridine rings is 1. The summed E-state index contributed by atoms with van der Waals surface area (Å²) in [6.07, 6.45) is 5.80. The van der Waals surface area contributed by atoms with Crippen LogP contribution in [0.4, 0.5) is 0 Å². The number of hydrogen-bond donors (Lipinski definition) is 1. The van der Waals surface area contributed by atoms with Crippen molar-refractivity contribution >= 4 is 0 Å². The van der Waals surface area contributed by atoms with Crippen LogP contribution in [0, 0.1) is 0 Å². The molecule has 0 radical (unpaired) electrons. The minimum Gasteiger partial charge on any atom is -0.391 e. The molecule has 0 aliphatic rings. The standard InChI is InChI=1S/C12H19NO2/c1-2-9-15-10-12(14)4-3-11-5-7-13-8-6-11/h5-8,12,14H,2-4,9-10H2,1H3. The van der Waals surface area contributed by atoms with Gasteiger partial charge >= 0.3 is 0 Å². The van der Waals surface area contributed by atoms with E-state index in [4.69, 9.17) is 4.74 Å². The molecule has 0 saturated heterocycles. The van der Waals surface area contributed by atoms with Gasteiger partial charge in [-0.1, -0.05) is 6.92 Å². The second kappa shape index (κ2) is 7.37. The van der Waals surface area contributed by atoms with Gasteiger partial charge in [-0.15, -0.1) is 0 Å². The van der Waals surface area contributed by atoms with Gasteiger partial charge in [-0.05, 0) is 37.0 Å². The largest absolute Gasteiger partial charge is 0.391 e. The zero-order valence-electron chi connectivity index (χ0n) is 9.22. The van der Waals surface area contributed by atoms with Crippen LogP contribution < -0.4 is 0 Å². The van der Waals surface area contributed by atoms with Crippen LogP contribution in [0.25, 0.3) is 0 Å². The molecule has 1 aromatic heterocycles. The van der Waals surface area contributed by atoms with Crippen LogP contribution >= 0.6 is 0 Å². The predicted molar refractivity (Wildman–Crippen MR) is 59.7 cm³/mol. The molecule has 0 saturated carbocycles. The molecule has 3 nitrogen and oxygen atoms in total. The van der Waals surface area contributed by atoms with Gasteiger partial charge in [-0.2, -0.15) is 0 Å². The molecule has 0 spiro atoms. The number of aliphatic hydroxyl groups excluding tert-OH is 1. The SMILES string of the molecule is CCCOCC(O)CCc1ccncc1. The Morgan fingerprint density at radius 1 is 1.40 bits per heavy atom. The summed E-state index contributed by atoms with van der Waals surface area (Å²) < 4.78 is 5.27. The molecule has 1 heterocycles. The van der Waals surface area contributed by atoms with Crippen LogP contribution in [-0.2, 0) is 11.2 Å². The highest BCUT2D eigenvalue weighted by Gasteiger charge is 2.04. The molecule has 0 amide bonds. The van der Waals surface area contributed by atoms with Crippen LogP contribution in [0.1, 0.15) is 25.3 Å². The highest BCUT2D eigenvalue weighted by atomic mass is 16.5. The zero-order chi connectivity index (χ0) is 10.9. The van der Waals surface area contributed by atoms with E-state index in [1.54, 1.807) is 12.4 Å². The summed E-state index contributed by atoms with van der Waals surface area (Å²) >= 11 is 0. The van der Waals surface area contributed by atoms with Crippen molar-refractivity contribution in [1.82, 2.24) is 4.98 Å². The molecule has 0 bridgehead atoms. The lowest BCUT2D eigenvalue weighted by atomic mass is 10.1. The fraction of sp³-hybridized carbons (Fsp3) is 0.583. The van der Waals surface area contributed by atoms with Gasteiger partial charge in [-0.25, -0.2) is 0 Å². The van der Waals surface area contributed by atoms with Crippen molar-refractivity contribution in [3.8, 4) is 0 Å². The number of nitrogens with zero attached hydrogens (tertiary/aromatic N) is 1. The molecule has 1 aromatic rings. The third-order valence-corrected chi connectivity index (χ3v) is 2.17. The van der Waals surface area contributed by atoms with Crippen LogP contribution in [0.3, 0.4) is 0 Å². The Bertz CT molecular complexity index is 251. The zero-order valence-corrected chi connectivity index (χ0v) is 9.22. The summed E-state index contributed by atoms with van der Waals surface area (Å²) in [6, 6.07) is 3.94. The highest BCUT2D eigenvalue weighted by molar-refractivity contribution is 5.09. The summed E-state index contributed by atoms with van der Waals surface area (Å²) in [7, 11) is 0. The van der Waals surface area contributed by atoms with Crippen molar-refractivity contribution in [3.63, 3.8) is 0 Å². The van der Waals surface area contributed by atoms with Gasteiger partial charge in [-0.3, -0.25) is 4.98 Å². The van der Waals surface area contributed by atoms with Gasteiger partial charge < -0.3 is 9.84 Å². The lowest BCUT2D eigenvalue weighted by Crippen LogP contribution is -2.16. The van der Waals surface area contributed by atoms with E-state index in [1.165, 1.54) is 5.56 Å². The molecule has 0 aliphatic carbocycles. The van der Waals surface area contributed by atoms with Crippen molar-refractivity contribution in [2.45, 2.75) is 32.3 Å². The Balaban J connectivity index is 2.14. The average molecular weight is 209 g/mol. The summed E-state index contributed by atoms with van der Waals surface area (Å²) in [6.45, 7) is 3.23. The number of aromatic nitrogens is 1. The molecule has 0 aromatic carbocycles. The maximum absolute atomic E-state index is 9.60. The van der Waals surface area contributed by atoms with Crippen LogP contribution in [0.15, 0.2) is 24.5 Å². The third kappa shape index (κ3) is 5.50. The van der Waals surface area contributed by atoms with Gasteiger partial charge in [0.2, 0.25) is 0 Å². The molecule has 3 heteroatoms. The second-order valence-corrected chi connectivity index (χ2v) is 3.62. The van der Waals surface area contributed by atoms with Crippen molar-refractivity contribution in [3.05, 3.63) is 30.1 Å². The Morgan fingerprint density at radius 3 is 2.80 bits per heavy atom. The fourth-order valence-corrected chi connectivity index (χ4v) is 1.33. The molecular weight excluding hydrogens is 190 g/mol. The number of ether oxygens (including phenoxy) is 1. The molecule has 1 atom stereocenters. The van der Waals surface area contributed by atoms with E-state index in [9.17, 15) is 5.11 Å². The predicted octanol–water partition coefficient (Wildman–Crippen LogP) is 1.80. The number of aliphatic hydroxyl groups is 1. The van der Waals surface area contributed by atoms with Gasteiger partial charge in [0.25, 0.3) is 0 Å². The number of aryl methyl sites for hydroxylation is 1. The van der Waals surface area contributed by atoms with E-state index < -0.39 is 0 Å². The van der Waals surface area contributed by atoms with E-state index >= 15 is 0 Å². The first-order valence-electron chi connectivity index (χ1n) is 5.47. The monoisotopic (exact) mass is 209 g/mol. The second-order valence-electron chi connectivity index (χ2n) is 3.62. The van der Waals surface area contributed by atoms with Gasteiger partial charge in [0, 0.05) is 19.0 Å². The molecule has 84 valence electrons. The molecular formula is C12H19NO2. The minimum absolute atomic E-state index is 0.357. The van der Waals surface area contributed by atoms with E-state index in [0.29, 0.717) is 6.61 Å². The van der Waals surface area contributed by atoms with Gasteiger partial charge in [0.1, 0.15) is 0 Å². The summed E-state index contributed by atoms with van der Waals surface area (Å²) in [4.78, 5) is 3.95. The summed E-state index contributed by atoms with van der Waals surface area (Å²) in [5.41, 5.74) is 1.21.